The summed E-state index contributed by atoms with van der Waals surface area (Å²) in [6.07, 6.45) is -2.37. The van der Waals surface area contributed by atoms with Crippen molar-refractivity contribution in [2.24, 2.45) is 0 Å². The number of anilines is 4. The summed E-state index contributed by atoms with van der Waals surface area (Å²) < 4.78 is 165. The van der Waals surface area contributed by atoms with E-state index in [1.54, 1.807) is 31.9 Å². The van der Waals surface area contributed by atoms with Gasteiger partial charge in [-0.1, -0.05) is 80.3 Å². The summed E-state index contributed by atoms with van der Waals surface area (Å²) >= 11 is 0. The van der Waals surface area contributed by atoms with Crippen LogP contribution in [0, 0.1) is 0 Å². The summed E-state index contributed by atoms with van der Waals surface area (Å²) in [7, 11) is 0. The van der Waals surface area contributed by atoms with E-state index in [2.05, 4.69) is 41.2 Å². The van der Waals surface area contributed by atoms with Crippen molar-refractivity contribution in [3.8, 4) is 0 Å². The van der Waals surface area contributed by atoms with Gasteiger partial charge in [0.1, 0.15) is 28.8 Å². The Morgan fingerprint density at radius 2 is 0.624 bits per heavy atom. The largest absolute Gasteiger partial charge is 0.416 e. The van der Waals surface area contributed by atoms with Crippen LogP contribution in [-0.2, 0) is 63.9 Å². The first-order valence-corrected chi connectivity index (χ1v) is 43.9. The maximum absolute atomic E-state index is 14.8. The van der Waals surface area contributed by atoms with Gasteiger partial charge in [0.15, 0.2) is 0 Å². The number of nitrogens with zero attached hydrogens (tertiary/aromatic N) is 8. The van der Waals surface area contributed by atoms with Crippen molar-refractivity contribution < 1.29 is 111 Å². The maximum Gasteiger partial charge on any atom is 0.416 e. The number of halogens is 12. The Balaban J connectivity index is 0.000000151. The standard InChI is InChI=1S/C25H26F3N3O3.3C24H24F3N3O3/c1-25(28,14-32)13-31-20-10-9-15(18-7-2-3-8-21(18)33)12-19(20)29-24(31)30-23(34)17-6-4-5-16(11-17)22(26)27;3*25-24(26,27)17-6-3-5-16(13-17)22(33)29-23-28-19-14-15(18-7-1-2-8-21(18)32)9-10-20(19)30(23)11-4-12-31/h4-6,9-12,18,22,32H,2-3,7-8,13-14H2,1H3,(H,29,30,34);3*3,5-6,9-10,13-14,18,31H,1-2,4,7-8,11-12H2,(H,28,29,33)/t18?,25-;;;/m1.../s1. The highest BCUT2D eigenvalue weighted by Gasteiger charge is 2.37. The molecule has 0 bridgehead atoms. The summed E-state index contributed by atoms with van der Waals surface area (Å²) in [6, 6.07) is 39.5. The van der Waals surface area contributed by atoms with Gasteiger partial charge in [-0.2, -0.15) is 39.5 Å². The Kier molecular flexibility index (Phi) is 31.5. The van der Waals surface area contributed by atoms with Crippen LogP contribution >= 0.6 is 0 Å². The Morgan fingerprint density at radius 1 is 0.361 bits per heavy atom. The zero-order valence-electron chi connectivity index (χ0n) is 72.3. The first kappa shape index (κ1) is 97.7. The Morgan fingerprint density at radius 3 is 0.880 bits per heavy atom. The van der Waals surface area contributed by atoms with Gasteiger partial charge in [0.2, 0.25) is 23.8 Å². The van der Waals surface area contributed by atoms with E-state index in [9.17, 15) is 111 Å². The van der Waals surface area contributed by atoms with Gasteiger partial charge in [0, 0.05) is 117 Å². The van der Waals surface area contributed by atoms with Gasteiger partial charge in [0.25, 0.3) is 30.1 Å². The van der Waals surface area contributed by atoms with Crippen molar-refractivity contribution >= 4 is 115 Å². The molecule has 12 aromatic rings. The number of carbonyl (C=O) groups is 8. The summed E-state index contributed by atoms with van der Waals surface area (Å²) in [5, 5.41) is 47.7. The van der Waals surface area contributed by atoms with Crippen LogP contribution in [0.5, 0.6) is 0 Å². The minimum atomic E-state index is -4.56. The molecule has 0 saturated heterocycles. The van der Waals surface area contributed by atoms with Crippen molar-refractivity contribution in [2.45, 2.75) is 209 Å². The summed E-state index contributed by atoms with van der Waals surface area (Å²) in [6.45, 7) is 1.03. The SMILES string of the molecule is C[C@](F)(CO)Cn1c(NC(=O)c2cccc(C(F)F)c2)nc2cc(C3CCCCC3=O)ccc21.O=C(Nc1nc2cc(C3CCCCC3=O)ccc2n1CCCO)c1cccc(C(F)(F)F)c1.O=C(Nc1nc2cc(C3CCCCC3=O)ccc2n1CCCO)c1cccc(C(F)(F)F)c1.O=C(Nc1nc2cc(C3CCCCC3=O)ccc2n1CCCO)c1cccc(C(F)(F)F)c1. The van der Waals surface area contributed by atoms with Gasteiger partial charge in [-0.25, -0.2) is 33.1 Å². The lowest BCUT2D eigenvalue weighted by molar-refractivity contribution is -0.138. The molecule has 0 aliphatic heterocycles. The summed E-state index contributed by atoms with van der Waals surface area (Å²) in [4.78, 5) is 118. The fourth-order valence-electron chi connectivity index (χ4n) is 17.1. The fraction of sp³-hybridized carbons (Fsp3) is 0.381. The molecule has 4 aliphatic carbocycles. The molecule has 4 aromatic heterocycles. The lowest BCUT2D eigenvalue weighted by atomic mass is 9.83. The lowest BCUT2D eigenvalue weighted by Crippen LogP contribution is -2.30. The van der Waals surface area contributed by atoms with Gasteiger partial charge < -0.3 is 38.7 Å². The second-order valence-corrected chi connectivity index (χ2v) is 33.6. The van der Waals surface area contributed by atoms with E-state index >= 15 is 0 Å². The van der Waals surface area contributed by atoms with Crippen LogP contribution in [0.25, 0.3) is 44.1 Å². The maximum atomic E-state index is 14.8. The van der Waals surface area contributed by atoms with E-state index in [-0.39, 0.29) is 125 Å². The third-order valence-electron chi connectivity index (χ3n) is 24.0. The number of carbonyl (C=O) groups excluding carboxylic acids is 8. The molecular formula is C97H98F12N12O12. The topological polar surface area (TPSA) is 337 Å². The summed E-state index contributed by atoms with van der Waals surface area (Å²) in [5.41, 5.74) is 2.79. The number of hydrogen-bond acceptors (Lipinski definition) is 16. The molecular weight excluding hydrogens is 1750 g/mol. The van der Waals surface area contributed by atoms with Crippen LogP contribution in [-0.4, -0.2) is 137 Å². The van der Waals surface area contributed by atoms with Crippen molar-refractivity contribution in [1.82, 2.24) is 38.2 Å². The third-order valence-corrected chi connectivity index (χ3v) is 24.0. The molecule has 5 atom stereocenters. The van der Waals surface area contributed by atoms with E-state index in [0.29, 0.717) is 109 Å². The van der Waals surface area contributed by atoms with E-state index in [0.717, 1.165) is 142 Å². The van der Waals surface area contributed by atoms with Crippen LogP contribution < -0.4 is 21.3 Å². The number of aliphatic hydroxyl groups is 4. The lowest BCUT2D eigenvalue weighted by Gasteiger charge is -2.21. The average molecular weight is 1850 g/mol. The van der Waals surface area contributed by atoms with Crippen LogP contribution in [0.2, 0.25) is 0 Å². The number of rotatable bonds is 25. The number of nitrogens with one attached hydrogen (secondary N) is 4. The quantitative estimate of drug-likeness (QED) is 0.0246. The number of hydrogen-bond donors (Lipinski definition) is 8. The number of fused-ring (bicyclic) bond motifs is 4. The normalized spacial score (nSPS) is 17.2. The van der Waals surface area contributed by atoms with Crippen molar-refractivity contribution in [3.63, 3.8) is 0 Å². The Hall–Kier alpha value is -12.8. The molecule has 8 N–H and O–H groups in total. The van der Waals surface area contributed by atoms with Crippen LogP contribution in [0.15, 0.2) is 170 Å². The molecule has 4 aliphatic rings. The number of aromatic nitrogens is 8. The number of imidazole rings is 4. The van der Waals surface area contributed by atoms with Crippen LogP contribution in [0.4, 0.5) is 76.5 Å². The fourth-order valence-corrected chi connectivity index (χ4v) is 17.1. The Labute approximate surface area is 754 Å². The van der Waals surface area contributed by atoms with Gasteiger partial charge >= 0.3 is 18.5 Å². The first-order valence-electron chi connectivity index (χ1n) is 43.9. The molecule has 133 heavy (non-hydrogen) atoms. The monoisotopic (exact) mass is 1850 g/mol. The highest BCUT2D eigenvalue weighted by Crippen LogP contribution is 2.41. The van der Waals surface area contributed by atoms with Gasteiger partial charge in [-0.15, -0.1) is 0 Å². The van der Waals surface area contributed by atoms with E-state index in [4.69, 9.17) is 0 Å². The molecule has 4 amide bonds. The number of aryl methyl sites for hydroxylation is 3. The zero-order valence-corrected chi connectivity index (χ0v) is 72.3. The molecule has 0 radical (unpaired) electrons. The molecule has 16 rings (SSSR count). The molecule has 702 valence electrons. The van der Waals surface area contributed by atoms with Crippen LogP contribution in [0.3, 0.4) is 0 Å². The van der Waals surface area contributed by atoms with Crippen LogP contribution in [0.1, 0.15) is 245 Å². The Bertz CT molecular complexity index is 5830. The molecule has 8 aromatic carbocycles. The molecule has 24 nitrogen and oxygen atoms in total. The number of benzene rings is 8. The van der Waals surface area contributed by atoms with E-state index in [1.807, 2.05) is 54.6 Å². The second-order valence-electron chi connectivity index (χ2n) is 33.6. The number of Topliss-reactive ketones (excluding diaryl/α,β-unsaturated/α-hetero) is 4. The predicted octanol–water partition coefficient (Wildman–Crippen LogP) is 19.9. The van der Waals surface area contributed by atoms with Gasteiger partial charge in [-0.3, -0.25) is 59.6 Å². The molecule has 4 fully saturated rings. The van der Waals surface area contributed by atoms with E-state index < -0.39 is 77.5 Å². The second kappa shape index (κ2) is 42.8. The van der Waals surface area contributed by atoms with Crippen molar-refractivity contribution in [2.75, 3.05) is 47.7 Å². The van der Waals surface area contributed by atoms with E-state index in [1.165, 1.54) is 66.1 Å². The van der Waals surface area contributed by atoms with Crippen molar-refractivity contribution in [1.29, 1.82) is 0 Å². The highest BCUT2D eigenvalue weighted by atomic mass is 19.4. The number of alkyl halides is 12. The molecule has 36 heteroatoms. The smallest absolute Gasteiger partial charge is 0.396 e. The number of ketones is 4. The van der Waals surface area contributed by atoms with Gasteiger partial charge in [0.05, 0.1) is 74.0 Å². The number of amides is 4. The highest BCUT2D eigenvalue weighted by molar-refractivity contribution is 6.07. The molecule has 4 saturated carbocycles. The molecule has 0 spiro atoms. The number of aliphatic hydroxyl groups excluding tert-OH is 4. The first-order chi connectivity index (χ1) is 63.5. The third kappa shape index (κ3) is 24.0. The average Bonchev–Trinajstić information content (AvgIpc) is 1.65. The zero-order chi connectivity index (χ0) is 95.2. The minimum Gasteiger partial charge on any atom is -0.396 e. The molecule has 4 heterocycles. The minimum absolute atomic E-state index is 0.00932. The summed E-state index contributed by atoms with van der Waals surface area (Å²) in [5.74, 6) is -2.23. The van der Waals surface area contributed by atoms with Gasteiger partial charge in [-0.05, 0) is 215 Å². The van der Waals surface area contributed by atoms with Crippen molar-refractivity contribution in [3.05, 3.63) is 237 Å². The molecule has 4 unspecified atom stereocenters. The predicted molar refractivity (Wildman–Crippen MR) is 473 cm³/mol.